The maximum Gasteiger partial charge on any atom is 0.319 e. The van der Waals surface area contributed by atoms with Crippen LogP contribution in [0.2, 0.25) is 0 Å². The summed E-state index contributed by atoms with van der Waals surface area (Å²) < 4.78 is 9.69. The van der Waals surface area contributed by atoms with Crippen molar-refractivity contribution in [2.75, 3.05) is 33.9 Å². The third-order valence-corrected chi connectivity index (χ3v) is 2.42. The highest BCUT2D eigenvalue weighted by Gasteiger charge is 2.25. The molecule has 0 unspecified atom stereocenters. The van der Waals surface area contributed by atoms with E-state index in [1.165, 1.54) is 7.11 Å². The second-order valence-electron chi connectivity index (χ2n) is 3.30. The van der Waals surface area contributed by atoms with Gasteiger partial charge in [0.15, 0.2) is 0 Å². The number of rotatable bonds is 4. The van der Waals surface area contributed by atoms with Gasteiger partial charge in [0, 0.05) is 13.2 Å². The minimum absolute atomic E-state index is 0.164. The first-order valence-electron chi connectivity index (χ1n) is 4.57. The van der Waals surface area contributed by atoms with Crippen LogP contribution in [-0.2, 0) is 14.3 Å². The summed E-state index contributed by atoms with van der Waals surface area (Å²) in [6.45, 7) is 2.07. The SMILES string of the molecule is COC[C@@H]1CCCN1CC(=O)OC. The third-order valence-electron chi connectivity index (χ3n) is 2.42. The molecule has 0 aromatic carbocycles. The predicted molar refractivity (Wildman–Crippen MR) is 48.5 cm³/mol. The van der Waals surface area contributed by atoms with Gasteiger partial charge in [-0.25, -0.2) is 0 Å². The summed E-state index contributed by atoms with van der Waals surface area (Å²) in [6.07, 6.45) is 2.26. The second-order valence-corrected chi connectivity index (χ2v) is 3.30. The van der Waals surface area contributed by atoms with Crippen LogP contribution in [0.1, 0.15) is 12.8 Å². The molecular weight excluding hydrogens is 170 g/mol. The Labute approximate surface area is 78.8 Å². The van der Waals surface area contributed by atoms with Gasteiger partial charge < -0.3 is 9.47 Å². The highest BCUT2D eigenvalue weighted by Crippen LogP contribution is 2.16. The van der Waals surface area contributed by atoms with Crippen molar-refractivity contribution < 1.29 is 14.3 Å². The minimum Gasteiger partial charge on any atom is -0.468 e. The molecule has 4 heteroatoms. The number of hydrogen-bond donors (Lipinski definition) is 0. The first-order chi connectivity index (χ1) is 6.27. The smallest absolute Gasteiger partial charge is 0.319 e. The van der Waals surface area contributed by atoms with Gasteiger partial charge in [0.2, 0.25) is 0 Å². The van der Waals surface area contributed by atoms with Crippen LogP contribution in [0.25, 0.3) is 0 Å². The lowest BCUT2D eigenvalue weighted by atomic mass is 10.2. The average Bonchev–Trinajstić information content (AvgIpc) is 2.54. The van der Waals surface area contributed by atoms with Gasteiger partial charge in [0.05, 0.1) is 20.3 Å². The van der Waals surface area contributed by atoms with Gasteiger partial charge in [-0.15, -0.1) is 0 Å². The Morgan fingerprint density at radius 3 is 2.92 bits per heavy atom. The summed E-state index contributed by atoms with van der Waals surface area (Å²) in [6, 6.07) is 0.393. The third kappa shape index (κ3) is 2.97. The summed E-state index contributed by atoms with van der Waals surface area (Å²) in [5, 5.41) is 0. The zero-order valence-corrected chi connectivity index (χ0v) is 8.28. The van der Waals surface area contributed by atoms with Crippen LogP contribution < -0.4 is 0 Å². The van der Waals surface area contributed by atoms with Crippen LogP contribution >= 0.6 is 0 Å². The van der Waals surface area contributed by atoms with Crippen molar-refractivity contribution in [3.63, 3.8) is 0 Å². The fourth-order valence-corrected chi connectivity index (χ4v) is 1.71. The molecule has 1 heterocycles. The molecule has 4 nitrogen and oxygen atoms in total. The summed E-state index contributed by atoms with van der Waals surface area (Å²) in [7, 11) is 3.11. The maximum atomic E-state index is 11.0. The van der Waals surface area contributed by atoms with Gasteiger partial charge in [-0.05, 0) is 19.4 Å². The van der Waals surface area contributed by atoms with Crippen LogP contribution in [0.3, 0.4) is 0 Å². The molecule has 1 atom stereocenters. The van der Waals surface area contributed by atoms with Gasteiger partial charge in [-0.1, -0.05) is 0 Å². The van der Waals surface area contributed by atoms with Gasteiger partial charge in [0.25, 0.3) is 0 Å². The Hall–Kier alpha value is -0.610. The van der Waals surface area contributed by atoms with Crippen molar-refractivity contribution in [3.8, 4) is 0 Å². The Morgan fingerprint density at radius 2 is 2.31 bits per heavy atom. The molecule has 0 aromatic heterocycles. The van der Waals surface area contributed by atoms with Crippen molar-refractivity contribution >= 4 is 5.97 Å². The van der Waals surface area contributed by atoms with Crippen molar-refractivity contribution in [1.82, 2.24) is 4.90 Å². The van der Waals surface area contributed by atoms with Gasteiger partial charge >= 0.3 is 5.97 Å². The monoisotopic (exact) mass is 187 g/mol. The van der Waals surface area contributed by atoms with E-state index in [0.29, 0.717) is 19.2 Å². The van der Waals surface area contributed by atoms with Crippen LogP contribution in [0.15, 0.2) is 0 Å². The van der Waals surface area contributed by atoms with E-state index in [2.05, 4.69) is 9.64 Å². The minimum atomic E-state index is -0.164. The quantitative estimate of drug-likeness (QED) is 0.592. The highest BCUT2D eigenvalue weighted by atomic mass is 16.5. The fourth-order valence-electron chi connectivity index (χ4n) is 1.71. The summed E-state index contributed by atoms with van der Waals surface area (Å²) in [5.41, 5.74) is 0. The van der Waals surface area contributed by atoms with Crippen LogP contribution in [0, 0.1) is 0 Å². The van der Waals surface area contributed by atoms with Crippen LogP contribution in [0.4, 0.5) is 0 Å². The van der Waals surface area contributed by atoms with Gasteiger partial charge in [-0.2, -0.15) is 0 Å². The number of nitrogens with zero attached hydrogens (tertiary/aromatic N) is 1. The topological polar surface area (TPSA) is 38.8 Å². The average molecular weight is 187 g/mol. The van der Waals surface area contributed by atoms with Crippen LogP contribution in [-0.4, -0.2) is 50.8 Å². The lowest BCUT2D eigenvalue weighted by molar-refractivity contribution is -0.142. The number of ether oxygens (including phenoxy) is 2. The molecule has 0 bridgehead atoms. The Balaban J connectivity index is 2.34. The van der Waals surface area contributed by atoms with Gasteiger partial charge in [-0.3, -0.25) is 9.69 Å². The predicted octanol–water partition coefficient (Wildman–Crippen LogP) is 0.270. The van der Waals surface area contributed by atoms with E-state index in [-0.39, 0.29) is 5.97 Å². The lowest BCUT2D eigenvalue weighted by Gasteiger charge is -2.21. The first-order valence-corrected chi connectivity index (χ1v) is 4.57. The Kier molecular flexibility index (Phi) is 4.18. The molecule has 1 rings (SSSR count). The lowest BCUT2D eigenvalue weighted by Crippen LogP contribution is -2.37. The van der Waals surface area contributed by atoms with E-state index in [9.17, 15) is 4.79 Å². The molecule has 0 saturated carbocycles. The van der Waals surface area contributed by atoms with Gasteiger partial charge in [0.1, 0.15) is 0 Å². The summed E-state index contributed by atoms with van der Waals surface area (Å²) in [4.78, 5) is 13.1. The molecule has 1 fully saturated rings. The van der Waals surface area contributed by atoms with E-state index in [0.717, 1.165) is 19.4 Å². The molecule has 0 spiro atoms. The molecule has 13 heavy (non-hydrogen) atoms. The molecule has 1 saturated heterocycles. The molecule has 0 amide bonds. The number of hydrogen-bond acceptors (Lipinski definition) is 4. The van der Waals surface area contributed by atoms with Crippen molar-refractivity contribution in [3.05, 3.63) is 0 Å². The fraction of sp³-hybridized carbons (Fsp3) is 0.889. The summed E-state index contributed by atoms with van der Waals surface area (Å²) >= 11 is 0. The number of likely N-dealkylation sites (tertiary alicyclic amines) is 1. The molecule has 0 aliphatic carbocycles. The first kappa shape index (κ1) is 10.5. The molecule has 1 aliphatic heterocycles. The largest absolute Gasteiger partial charge is 0.468 e. The standard InChI is InChI=1S/C9H17NO3/c1-12-7-8-4-3-5-10(8)6-9(11)13-2/h8H,3-7H2,1-2H3/t8-/m0/s1. The molecule has 0 radical (unpaired) electrons. The highest BCUT2D eigenvalue weighted by molar-refractivity contribution is 5.71. The van der Waals surface area contributed by atoms with Crippen molar-refractivity contribution in [1.29, 1.82) is 0 Å². The summed E-state index contributed by atoms with van der Waals surface area (Å²) in [5.74, 6) is -0.164. The number of esters is 1. The number of carbonyl (C=O) groups is 1. The van der Waals surface area contributed by atoms with E-state index in [4.69, 9.17) is 4.74 Å². The normalized spacial score (nSPS) is 23.4. The zero-order valence-electron chi connectivity index (χ0n) is 8.28. The number of carbonyl (C=O) groups excluding carboxylic acids is 1. The Morgan fingerprint density at radius 1 is 1.54 bits per heavy atom. The van der Waals surface area contributed by atoms with E-state index >= 15 is 0 Å². The Bertz CT molecular complexity index is 172. The van der Waals surface area contributed by atoms with E-state index in [1.807, 2.05) is 0 Å². The number of methoxy groups -OCH3 is 2. The molecular formula is C9H17NO3. The van der Waals surface area contributed by atoms with Crippen molar-refractivity contribution in [2.45, 2.75) is 18.9 Å². The molecule has 0 N–H and O–H groups in total. The molecule has 0 aromatic rings. The van der Waals surface area contributed by atoms with Crippen molar-refractivity contribution in [2.24, 2.45) is 0 Å². The second kappa shape index (κ2) is 5.19. The van der Waals surface area contributed by atoms with Crippen LogP contribution in [0.5, 0.6) is 0 Å². The van der Waals surface area contributed by atoms with E-state index in [1.54, 1.807) is 7.11 Å². The zero-order chi connectivity index (χ0) is 9.68. The maximum absolute atomic E-state index is 11.0. The molecule has 76 valence electrons. The molecule has 1 aliphatic rings. The van der Waals surface area contributed by atoms with E-state index < -0.39 is 0 Å².